The molecule has 4 aromatic rings. The maximum Gasteiger partial charge on any atom is 0.573 e. The van der Waals surface area contributed by atoms with Crippen LogP contribution >= 0.6 is 0 Å². The Bertz CT molecular complexity index is 1370. The monoisotopic (exact) mass is 457 g/mol. The van der Waals surface area contributed by atoms with E-state index in [0.717, 1.165) is 12.1 Å². The molecule has 12 heteroatoms. The van der Waals surface area contributed by atoms with Crippen molar-refractivity contribution in [2.75, 3.05) is 4.83 Å². The molecule has 0 spiro atoms. The Morgan fingerprint density at radius 2 is 1.65 bits per heavy atom. The van der Waals surface area contributed by atoms with Crippen LogP contribution in [0.2, 0.25) is 0 Å². The van der Waals surface area contributed by atoms with E-state index in [9.17, 15) is 30.4 Å². The lowest BCUT2D eigenvalue weighted by molar-refractivity contribution is -0.274. The Kier molecular flexibility index (Phi) is 4.96. The van der Waals surface area contributed by atoms with Gasteiger partial charge in [-0.2, -0.15) is 18.0 Å². The molecule has 0 amide bonds. The smallest absolute Gasteiger partial charge is 0.406 e. The first-order chi connectivity index (χ1) is 14.5. The number of halogens is 5. The average molecular weight is 457 g/mol. The fourth-order valence-electron chi connectivity index (χ4n) is 3.13. The number of hydrogen-bond donors (Lipinski definition) is 1. The van der Waals surface area contributed by atoms with Gasteiger partial charge in [-0.15, -0.1) is 18.3 Å². The van der Waals surface area contributed by atoms with Crippen LogP contribution in [-0.2, 0) is 10.0 Å². The number of hydrogen-bond acceptors (Lipinski definition) is 4. The first-order valence-electron chi connectivity index (χ1n) is 8.62. The molecular formula is C19H12F5N3O3S. The van der Waals surface area contributed by atoms with Crippen molar-refractivity contribution in [3.8, 4) is 5.75 Å². The van der Waals surface area contributed by atoms with E-state index in [4.69, 9.17) is 0 Å². The van der Waals surface area contributed by atoms with E-state index in [1.54, 1.807) is 6.07 Å². The minimum atomic E-state index is -4.91. The van der Waals surface area contributed by atoms with Crippen molar-refractivity contribution in [3.63, 3.8) is 0 Å². The van der Waals surface area contributed by atoms with Crippen LogP contribution in [0.5, 0.6) is 5.75 Å². The summed E-state index contributed by atoms with van der Waals surface area (Å²) in [6.45, 7) is 0. The molecule has 3 aromatic carbocycles. The quantitative estimate of drug-likeness (QED) is 0.430. The Balaban J connectivity index is 1.90. The highest BCUT2D eigenvalue weighted by molar-refractivity contribution is 7.92. The molecule has 0 bridgehead atoms. The molecule has 1 heterocycles. The maximum absolute atomic E-state index is 13.5. The van der Waals surface area contributed by atoms with Gasteiger partial charge in [-0.1, -0.05) is 24.3 Å². The third kappa shape index (κ3) is 4.10. The van der Waals surface area contributed by atoms with Crippen LogP contribution in [0, 0.1) is 0 Å². The Morgan fingerprint density at radius 3 is 2.29 bits per heavy atom. The lowest BCUT2D eigenvalue weighted by Gasteiger charge is -2.12. The second-order valence-corrected chi connectivity index (χ2v) is 8.06. The summed E-state index contributed by atoms with van der Waals surface area (Å²) in [4.78, 5) is 2.69. The van der Waals surface area contributed by atoms with E-state index < -0.39 is 34.3 Å². The number of sulfonamides is 1. The SMILES string of the molecule is O=S(=O)(Nn1nc(C(F)F)c2ccc3cc(OC(F)(F)F)ccc3c21)c1ccccc1. The summed E-state index contributed by atoms with van der Waals surface area (Å²) in [5, 5.41) is 4.04. The predicted octanol–water partition coefficient (Wildman–Crippen LogP) is 4.96. The number of alkyl halides is 5. The largest absolute Gasteiger partial charge is 0.573 e. The third-order valence-corrected chi connectivity index (χ3v) is 5.66. The van der Waals surface area contributed by atoms with Crippen LogP contribution in [0.1, 0.15) is 12.1 Å². The van der Waals surface area contributed by atoms with Crippen LogP contribution in [-0.4, -0.2) is 24.7 Å². The lowest BCUT2D eigenvalue weighted by Crippen LogP contribution is -2.24. The van der Waals surface area contributed by atoms with Crippen LogP contribution < -0.4 is 9.57 Å². The molecule has 1 aromatic heterocycles. The van der Waals surface area contributed by atoms with E-state index in [1.807, 2.05) is 0 Å². The van der Waals surface area contributed by atoms with Gasteiger partial charge in [-0.25, -0.2) is 8.78 Å². The van der Waals surface area contributed by atoms with E-state index in [-0.39, 0.29) is 26.6 Å². The first kappa shape index (κ1) is 20.8. The second-order valence-electron chi connectivity index (χ2n) is 6.40. The summed E-state index contributed by atoms with van der Waals surface area (Å²) in [6, 6.07) is 13.0. The molecule has 0 fully saturated rings. The molecule has 0 aliphatic carbocycles. The normalized spacial score (nSPS) is 12.6. The van der Waals surface area contributed by atoms with Crippen molar-refractivity contribution in [2.24, 2.45) is 0 Å². The van der Waals surface area contributed by atoms with Gasteiger partial charge >= 0.3 is 6.36 Å². The highest BCUT2D eigenvalue weighted by Crippen LogP contribution is 2.34. The predicted molar refractivity (Wildman–Crippen MR) is 102 cm³/mol. The Hall–Kier alpha value is -3.41. The van der Waals surface area contributed by atoms with Gasteiger partial charge in [0.15, 0.2) is 0 Å². The molecule has 4 rings (SSSR count). The molecule has 0 saturated heterocycles. The summed E-state index contributed by atoms with van der Waals surface area (Å²) in [5.41, 5.74) is -0.714. The molecule has 162 valence electrons. The minimum absolute atomic E-state index is 0.0362. The molecule has 31 heavy (non-hydrogen) atoms. The number of nitrogens with zero attached hydrogens (tertiary/aromatic N) is 2. The third-order valence-electron chi connectivity index (χ3n) is 4.36. The maximum atomic E-state index is 13.5. The van der Waals surface area contributed by atoms with Crippen molar-refractivity contribution in [1.29, 1.82) is 0 Å². The molecule has 0 saturated carbocycles. The summed E-state index contributed by atoms with van der Waals surface area (Å²) in [6.07, 6.45) is -7.93. The van der Waals surface area contributed by atoms with Crippen molar-refractivity contribution >= 4 is 31.7 Å². The van der Waals surface area contributed by atoms with Crippen LogP contribution in [0.25, 0.3) is 21.7 Å². The van der Waals surface area contributed by atoms with Crippen LogP contribution in [0.3, 0.4) is 0 Å². The first-order valence-corrected chi connectivity index (χ1v) is 10.1. The number of ether oxygens (including phenoxy) is 1. The van der Waals surface area contributed by atoms with E-state index in [0.29, 0.717) is 4.79 Å². The zero-order valence-corrected chi connectivity index (χ0v) is 16.1. The topological polar surface area (TPSA) is 73.2 Å². The zero-order valence-electron chi connectivity index (χ0n) is 15.3. The van der Waals surface area contributed by atoms with E-state index in [1.165, 1.54) is 42.5 Å². The van der Waals surface area contributed by atoms with Crippen molar-refractivity contribution in [2.45, 2.75) is 17.7 Å². The van der Waals surface area contributed by atoms with E-state index >= 15 is 0 Å². The second kappa shape index (κ2) is 7.38. The summed E-state index contributed by atoms with van der Waals surface area (Å²) < 4.78 is 93.8. The number of benzene rings is 3. The molecular weight excluding hydrogens is 445 g/mol. The van der Waals surface area contributed by atoms with Crippen molar-refractivity contribution in [3.05, 3.63) is 66.4 Å². The van der Waals surface area contributed by atoms with Gasteiger partial charge in [0.1, 0.15) is 17.0 Å². The number of nitrogens with one attached hydrogen (secondary N) is 1. The van der Waals surface area contributed by atoms with Crippen LogP contribution in [0.15, 0.2) is 65.6 Å². The molecule has 0 unspecified atom stereocenters. The van der Waals surface area contributed by atoms with Gasteiger partial charge in [-0.3, -0.25) is 0 Å². The molecule has 6 nitrogen and oxygen atoms in total. The molecule has 0 aliphatic heterocycles. The molecule has 1 N–H and O–H groups in total. The number of rotatable bonds is 5. The average Bonchev–Trinajstić information content (AvgIpc) is 3.06. The number of fused-ring (bicyclic) bond motifs is 3. The standard InChI is InChI=1S/C19H12F5N3O3S/c20-18(21)16-15-8-6-11-10-12(30-19(22,23)24)7-9-14(11)17(15)27(25-16)26-31(28,29)13-4-2-1-3-5-13/h1-10,18,26H. The van der Waals surface area contributed by atoms with Crippen molar-refractivity contribution < 1.29 is 35.1 Å². The van der Waals surface area contributed by atoms with Gasteiger partial charge in [0.2, 0.25) is 0 Å². The van der Waals surface area contributed by atoms with E-state index in [2.05, 4.69) is 14.7 Å². The van der Waals surface area contributed by atoms with Gasteiger partial charge in [-0.05, 0) is 41.8 Å². The summed E-state index contributed by atoms with van der Waals surface area (Å²) in [7, 11) is -4.19. The van der Waals surface area contributed by atoms with Gasteiger partial charge in [0, 0.05) is 10.8 Å². The highest BCUT2D eigenvalue weighted by Gasteiger charge is 2.31. The van der Waals surface area contributed by atoms with Gasteiger partial charge in [0.25, 0.3) is 16.4 Å². The van der Waals surface area contributed by atoms with Crippen LogP contribution in [0.4, 0.5) is 22.0 Å². The fourth-order valence-corrected chi connectivity index (χ4v) is 4.11. The molecule has 0 radical (unpaired) electrons. The minimum Gasteiger partial charge on any atom is -0.406 e. The highest BCUT2D eigenvalue weighted by atomic mass is 32.2. The Morgan fingerprint density at radius 1 is 0.968 bits per heavy atom. The Labute approximate surface area is 171 Å². The fraction of sp³-hybridized carbons (Fsp3) is 0.105. The molecule has 0 aliphatic rings. The lowest BCUT2D eigenvalue weighted by atomic mass is 10.1. The summed E-state index contributed by atoms with van der Waals surface area (Å²) in [5.74, 6) is -0.510. The van der Waals surface area contributed by atoms with Crippen molar-refractivity contribution in [1.82, 2.24) is 9.89 Å². The number of aromatic nitrogens is 2. The molecule has 0 atom stereocenters. The summed E-state index contributed by atoms with van der Waals surface area (Å²) >= 11 is 0. The zero-order chi connectivity index (χ0) is 22.4. The van der Waals surface area contributed by atoms with Gasteiger partial charge in [0.05, 0.1) is 4.90 Å². The van der Waals surface area contributed by atoms with Gasteiger partial charge < -0.3 is 4.74 Å².